The normalized spacial score (nSPS) is 18.5. The number of likely N-dealkylation sites (tertiary alicyclic amines) is 1. The Balaban J connectivity index is 1.68. The standard InChI is InChI=1S/C20H28ClN5O/c1-14-8-7-11-25(12-14)20(3,4)13-22-19(27)18-23-15(2)26(24-18)17-10-6-5-9-16(17)21/h5-6,9-10,14H,7-8,11-13H2,1-4H3,(H,22,27). The highest BCUT2D eigenvalue weighted by Crippen LogP contribution is 2.23. The number of hydrogen-bond donors (Lipinski definition) is 1. The summed E-state index contributed by atoms with van der Waals surface area (Å²) in [4.78, 5) is 19.4. The predicted molar refractivity (Wildman–Crippen MR) is 107 cm³/mol. The molecule has 1 aliphatic heterocycles. The number of piperidine rings is 1. The highest BCUT2D eigenvalue weighted by atomic mass is 35.5. The molecule has 0 saturated carbocycles. The van der Waals surface area contributed by atoms with Crippen molar-refractivity contribution in [2.45, 2.75) is 46.1 Å². The lowest BCUT2D eigenvalue weighted by Crippen LogP contribution is -2.54. The van der Waals surface area contributed by atoms with Gasteiger partial charge >= 0.3 is 0 Å². The quantitative estimate of drug-likeness (QED) is 0.850. The maximum absolute atomic E-state index is 12.6. The molecule has 146 valence electrons. The van der Waals surface area contributed by atoms with Crippen LogP contribution in [0.2, 0.25) is 5.02 Å². The monoisotopic (exact) mass is 389 g/mol. The lowest BCUT2D eigenvalue weighted by molar-refractivity contribution is 0.0654. The van der Waals surface area contributed by atoms with E-state index in [1.807, 2.05) is 25.1 Å². The van der Waals surface area contributed by atoms with Crippen molar-refractivity contribution in [1.29, 1.82) is 0 Å². The van der Waals surface area contributed by atoms with Crippen molar-refractivity contribution >= 4 is 17.5 Å². The zero-order valence-electron chi connectivity index (χ0n) is 16.5. The van der Waals surface area contributed by atoms with Crippen molar-refractivity contribution in [1.82, 2.24) is 25.0 Å². The molecular formula is C20H28ClN5O. The molecule has 7 heteroatoms. The van der Waals surface area contributed by atoms with Crippen molar-refractivity contribution in [3.05, 3.63) is 40.9 Å². The minimum Gasteiger partial charge on any atom is -0.347 e. The second-order valence-corrected chi connectivity index (χ2v) is 8.44. The van der Waals surface area contributed by atoms with Crippen molar-refractivity contribution in [2.75, 3.05) is 19.6 Å². The summed E-state index contributed by atoms with van der Waals surface area (Å²) in [5.41, 5.74) is 0.607. The molecule has 1 aromatic heterocycles. The van der Waals surface area contributed by atoms with Crippen LogP contribution in [0.4, 0.5) is 0 Å². The fraction of sp³-hybridized carbons (Fsp3) is 0.550. The molecule has 2 aromatic rings. The van der Waals surface area contributed by atoms with Crippen LogP contribution in [0.25, 0.3) is 5.69 Å². The highest BCUT2D eigenvalue weighted by molar-refractivity contribution is 6.32. The summed E-state index contributed by atoms with van der Waals surface area (Å²) < 4.78 is 1.61. The number of halogens is 1. The third-order valence-corrected chi connectivity index (χ3v) is 5.57. The first-order chi connectivity index (χ1) is 12.8. The Morgan fingerprint density at radius 1 is 1.37 bits per heavy atom. The van der Waals surface area contributed by atoms with Crippen LogP contribution < -0.4 is 5.32 Å². The van der Waals surface area contributed by atoms with Gasteiger partial charge in [-0.1, -0.05) is 30.7 Å². The Kier molecular flexibility index (Phi) is 5.86. The van der Waals surface area contributed by atoms with Crippen LogP contribution in [0.3, 0.4) is 0 Å². The minimum atomic E-state index is -0.262. The average Bonchev–Trinajstić information content (AvgIpc) is 3.02. The second-order valence-electron chi connectivity index (χ2n) is 8.03. The number of hydrogen-bond acceptors (Lipinski definition) is 4. The molecule has 6 nitrogen and oxygen atoms in total. The van der Waals surface area contributed by atoms with Gasteiger partial charge in [0, 0.05) is 18.6 Å². The van der Waals surface area contributed by atoms with Crippen LogP contribution in [0.1, 0.15) is 50.1 Å². The number of aromatic nitrogens is 3. The summed E-state index contributed by atoms with van der Waals surface area (Å²) in [6, 6.07) is 7.38. The molecular weight excluding hydrogens is 362 g/mol. The lowest BCUT2D eigenvalue weighted by Gasteiger charge is -2.43. The molecule has 1 saturated heterocycles. The molecule has 0 bridgehead atoms. The van der Waals surface area contributed by atoms with E-state index in [0.29, 0.717) is 29.0 Å². The van der Waals surface area contributed by atoms with E-state index in [-0.39, 0.29) is 17.3 Å². The van der Waals surface area contributed by atoms with Crippen LogP contribution in [-0.4, -0.2) is 50.7 Å². The molecule has 1 aliphatic rings. The number of aryl methyl sites for hydroxylation is 1. The van der Waals surface area contributed by atoms with Crippen LogP contribution in [0.5, 0.6) is 0 Å². The van der Waals surface area contributed by atoms with Gasteiger partial charge in [-0.3, -0.25) is 9.69 Å². The first-order valence-electron chi connectivity index (χ1n) is 9.50. The number of amides is 1. The molecule has 27 heavy (non-hydrogen) atoms. The third-order valence-electron chi connectivity index (χ3n) is 5.25. The summed E-state index contributed by atoms with van der Waals surface area (Å²) in [7, 11) is 0. The van der Waals surface area contributed by atoms with Gasteiger partial charge in [0.05, 0.1) is 10.7 Å². The van der Waals surface area contributed by atoms with Gasteiger partial charge in [-0.15, -0.1) is 5.10 Å². The average molecular weight is 390 g/mol. The van der Waals surface area contributed by atoms with Gasteiger partial charge < -0.3 is 5.32 Å². The Labute approximate surface area is 165 Å². The fourth-order valence-electron chi connectivity index (χ4n) is 3.56. The van der Waals surface area contributed by atoms with Crippen LogP contribution in [0.15, 0.2) is 24.3 Å². The maximum atomic E-state index is 12.6. The van der Waals surface area contributed by atoms with Crippen LogP contribution in [0, 0.1) is 12.8 Å². The van der Waals surface area contributed by atoms with E-state index in [2.05, 4.69) is 41.1 Å². The molecule has 1 fully saturated rings. The number of benzene rings is 1. The van der Waals surface area contributed by atoms with E-state index in [1.54, 1.807) is 10.7 Å². The van der Waals surface area contributed by atoms with E-state index >= 15 is 0 Å². The molecule has 1 amide bonds. The summed E-state index contributed by atoms with van der Waals surface area (Å²) >= 11 is 6.24. The highest BCUT2D eigenvalue weighted by Gasteiger charge is 2.31. The molecule has 0 aliphatic carbocycles. The van der Waals surface area contributed by atoms with Gasteiger partial charge in [-0.25, -0.2) is 9.67 Å². The predicted octanol–water partition coefficient (Wildman–Crippen LogP) is 3.47. The minimum absolute atomic E-state index is 0.106. The SMILES string of the molecule is Cc1nc(C(=O)NCC(C)(C)N2CCCC(C)C2)nn1-c1ccccc1Cl. The summed E-state index contributed by atoms with van der Waals surface area (Å²) in [5, 5.41) is 7.93. The largest absolute Gasteiger partial charge is 0.347 e. The number of nitrogens with one attached hydrogen (secondary N) is 1. The molecule has 3 rings (SSSR count). The van der Waals surface area contributed by atoms with Crippen molar-refractivity contribution in [3.63, 3.8) is 0 Å². The molecule has 1 atom stereocenters. The maximum Gasteiger partial charge on any atom is 0.291 e. The molecule has 2 heterocycles. The number of rotatable bonds is 5. The topological polar surface area (TPSA) is 63.1 Å². The van der Waals surface area contributed by atoms with Crippen LogP contribution in [-0.2, 0) is 0 Å². The Morgan fingerprint density at radius 3 is 2.81 bits per heavy atom. The number of carbonyl (C=O) groups excluding carboxylic acids is 1. The fourth-order valence-corrected chi connectivity index (χ4v) is 3.78. The smallest absolute Gasteiger partial charge is 0.291 e. The first-order valence-corrected chi connectivity index (χ1v) is 9.87. The van der Waals surface area contributed by atoms with Gasteiger partial charge in [-0.05, 0) is 58.2 Å². The Hall–Kier alpha value is -1.92. The van der Waals surface area contributed by atoms with Gasteiger partial charge in [0.2, 0.25) is 5.82 Å². The van der Waals surface area contributed by atoms with Crippen molar-refractivity contribution in [3.8, 4) is 5.69 Å². The van der Waals surface area contributed by atoms with Gasteiger partial charge in [0.1, 0.15) is 5.82 Å². The zero-order valence-corrected chi connectivity index (χ0v) is 17.3. The molecule has 0 radical (unpaired) electrons. The summed E-state index contributed by atoms with van der Waals surface area (Å²) in [6.07, 6.45) is 2.49. The van der Waals surface area contributed by atoms with Crippen molar-refractivity contribution < 1.29 is 4.79 Å². The second kappa shape index (κ2) is 7.98. The molecule has 1 aromatic carbocycles. The third kappa shape index (κ3) is 4.50. The van der Waals surface area contributed by atoms with E-state index < -0.39 is 0 Å². The zero-order chi connectivity index (χ0) is 19.6. The number of carbonyl (C=O) groups is 1. The van der Waals surface area contributed by atoms with Crippen molar-refractivity contribution in [2.24, 2.45) is 5.92 Å². The van der Waals surface area contributed by atoms with E-state index in [9.17, 15) is 4.79 Å². The van der Waals surface area contributed by atoms with Gasteiger partial charge in [-0.2, -0.15) is 0 Å². The van der Waals surface area contributed by atoms with Crippen LogP contribution >= 0.6 is 11.6 Å². The summed E-state index contributed by atoms with van der Waals surface area (Å²) in [6.45, 7) is 11.1. The Bertz CT molecular complexity index is 816. The molecule has 1 unspecified atom stereocenters. The van der Waals surface area contributed by atoms with E-state index in [0.717, 1.165) is 13.1 Å². The summed E-state index contributed by atoms with van der Waals surface area (Å²) in [5.74, 6) is 1.22. The number of nitrogens with zero attached hydrogens (tertiary/aromatic N) is 4. The Morgan fingerprint density at radius 2 is 2.11 bits per heavy atom. The van der Waals surface area contributed by atoms with E-state index in [1.165, 1.54) is 12.8 Å². The molecule has 1 N–H and O–H groups in total. The van der Waals surface area contributed by atoms with E-state index in [4.69, 9.17) is 11.6 Å². The molecule has 0 spiro atoms. The number of para-hydroxylation sites is 1. The van der Waals surface area contributed by atoms with Gasteiger partial charge in [0.15, 0.2) is 0 Å². The first kappa shape index (κ1) is 19.8. The van der Waals surface area contributed by atoms with Gasteiger partial charge in [0.25, 0.3) is 5.91 Å². The lowest BCUT2D eigenvalue weighted by atomic mass is 9.93.